The Hall–Kier alpha value is -1.03. The fourth-order valence-electron chi connectivity index (χ4n) is 2.34. The van der Waals surface area contributed by atoms with Crippen LogP contribution in [0.25, 0.3) is 0 Å². The lowest BCUT2D eigenvalue weighted by atomic mass is 10.2. The lowest BCUT2D eigenvalue weighted by Crippen LogP contribution is -2.36. The predicted octanol–water partition coefficient (Wildman–Crippen LogP) is 2.47. The summed E-state index contributed by atoms with van der Waals surface area (Å²) in [5, 5.41) is 0. The van der Waals surface area contributed by atoms with Gasteiger partial charge in [0, 0.05) is 30.7 Å². The zero-order valence-electron chi connectivity index (χ0n) is 10.1. The Morgan fingerprint density at radius 2 is 2.24 bits per heavy atom. The van der Waals surface area contributed by atoms with Gasteiger partial charge in [0.2, 0.25) is 11.8 Å². The first-order chi connectivity index (χ1) is 8.35. The molecule has 1 saturated carbocycles. The smallest absolute Gasteiger partial charge is 0.228 e. The third-order valence-corrected chi connectivity index (χ3v) is 3.34. The second-order valence-electron chi connectivity index (χ2n) is 4.22. The summed E-state index contributed by atoms with van der Waals surface area (Å²) in [5.41, 5.74) is 0. The summed E-state index contributed by atoms with van der Waals surface area (Å²) in [7, 11) is 1.62. The molecule has 0 aromatic carbocycles. The van der Waals surface area contributed by atoms with E-state index in [1.54, 1.807) is 19.4 Å². The van der Waals surface area contributed by atoms with Gasteiger partial charge in [-0.3, -0.25) is 0 Å². The topological polar surface area (TPSA) is 38.2 Å². The standard InChI is InChI=1S/C12H18ClN3O/c1-17-11-6-8-14-12(15-11)16(9-7-13)10-4-2-3-5-10/h6,8,10H,2-5,7,9H2,1H3. The number of rotatable bonds is 5. The Labute approximate surface area is 107 Å². The molecule has 1 aliphatic carbocycles. The van der Waals surface area contributed by atoms with Crippen molar-refractivity contribution < 1.29 is 4.74 Å². The molecule has 0 radical (unpaired) electrons. The van der Waals surface area contributed by atoms with Crippen LogP contribution in [0.2, 0.25) is 0 Å². The summed E-state index contributed by atoms with van der Waals surface area (Å²) in [5.74, 6) is 1.93. The molecule has 4 nitrogen and oxygen atoms in total. The molecule has 2 rings (SSSR count). The van der Waals surface area contributed by atoms with Crippen molar-refractivity contribution in [2.75, 3.05) is 24.4 Å². The molecule has 1 aliphatic rings. The van der Waals surface area contributed by atoms with Gasteiger partial charge in [0.25, 0.3) is 0 Å². The summed E-state index contributed by atoms with van der Waals surface area (Å²) >= 11 is 5.87. The zero-order valence-corrected chi connectivity index (χ0v) is 10.9. The number of hydrogen-bond donors (Lipinski definition) is 0. The summed E-state index contributed by atoms with van der Waals surface area (Å²) < 4.78 is 5.14. The molecule has 0 aliphatic heterocycles. The fourth-order valence-corrected chi connectivity index (χ4v) is 2.52. The van der Waals surface area contributed by atoms with Gasteiger partial charge < -0.3 is 9.64 Å². The minimum Gasteiger partial charge on any atom is -0.481 e. The van der Waals surface area contributed by atoms with E-state index in [1.807, 2.05) is 0 Å². The molecule has 5 heteroatoms. The molecule has 94 valence electrons. The van der Waals surface area contributed by atoms with Gasteiger partial charge >= 0.3 is 0 Å². The molecule has 1 fully saturated rings. The van der Waals surface area contributed by atoms with Crippen LogP contribution in [0.15, 0.2) is 12.3 Å². The van der Waals surface area contributed by atoms with Crippen LogP contribution in [-0.4, -0.2) is 35.5 Å². The molecular formula is C12H18ClN3O. The van der Waals surface area contributed by atoms with Crippen LogP contribution in [-0.2, 0) is 0 Å². The monoisotopic (exact) mass is 255 g/mol. The summed E-state index contributed by atoms with van der Waals surface area (Å²) in [6.45, 7) is 0.791. The summed E-state index contributed by atoms with van der Waals surface area (Å²) in [4.78, 5) is 10.9. The van der Waals surface area contributed by atoms with E-state index in [-0.39, 0.29) is 0 Å². The molecule has 17 heavy (non-hydrogen) atoms. The van der Waals surface area contributed by atoms with Crippen molar-refractivity contribution in [2.24, 2.45) is 0 Å². The number of alkyl halides is 1. The van der Waals surface area contributed by atoms with Gasteiger partial charge in [-0.1, -0.05) is 12.8 Å². The summed E-state index contributed by atoms with van der Waals surface area (Å²) in [6, 6.07) is 2.29. The highest BCUT2D eigenvalue weighted by molar-refractivity contribution is 6.18. The average molecular weight is 256 g/mol. The van der Waals surface area contributed by atoms with Crippen molar-refractivity contribution in [3.05, 3.63) is 12.3 Å². The van der Waals surface area contributed by atoms with Crippen LogP contribution in [0.4, 0.5) is 5.95 Å². The second-order valence-corrected chi connectivity index (χ2v) is 4.60. The largest absolute Gasteiger partial charge is 0.481 e. The van der Waals surface area contributed by atoms with Crippen LogP contribution in [0, 0.1) is 0 Å². The van der Waals surface area contributed by atoms with Gasteiger partial charge in [0.05, 0.1) is 7.11 Å². The Morgan fingerprint density at radius 3 is 2.88 bits per heavy atom. The minimum absolute atomic E-state index is 0.529. The van der Waals surface area contributed by atoms with Crippen LogP contribution >= 0.6 is 11.6 Å². The average Bonchev–Trinajstić information content (AvgIpc) is 2.89. The minimum atomic E-state index is 0.529. The Kier molecular flexibility index (Phi) is 4.42. The lowest BCUT2D eigenvalue weighted by Gasteiger charge is -2.28. The second kappa shape index (κ2) is 6.05. The van der Waals surface area contributed by atoms with E-state index in [9.17, 15) is 0 Å². The molecule has 1 heterocycles. The van der Waals surface area contributed by atoms with Crippen molar-refractivity contribution >= 4 is 17.5 Å². The maximum absolute atomic E-state index is 5.87. The van der Waals surface area contributed by atoms with Gasteiger partial charge in [-0.25, -0.2) is 4.98 Å². The highest BCUT2D eigenvalue weighted by Gasteiger charge is 2.24. The maximum Gasteiger partial charge on any atom is 0.228 e. The first-order valence-electron chi connectivity index (χ1n) is 6.05. The first-order valence-corrected chi connectivity index (χ1v) is 6.58. The van der Waals surface area contributed by atoms with E-state index in [1.165, 1.54) is 25.7 Å². The van der Waals surface area contributed by atoms with E-state index in [0.717, 1.165) is 12.5 Å². The molecule has 0 amide bonds. The van der Waals surface area contributed by atoms with E-state index < -0.39 is 0 Å². The number of aromatic nitrogens is 2. The van der Waals surface area contributed by atoms with Gasteiger partial charge in [-0.05, 0) is 12.8 Å². The predicted molar refractivity (Wildman–Crippen MR) is 68.9 cm³/mol. The third-order valence-electron chi connectivity index (χ3n) is 3.17. The van der Waals surface area contributed by atoms with Gasteiger partial charge in [0.1, 0.15) is 0 Å². The van der Waals surface area contributed by atoms with Crippen LogP contribution < -0.4 is 9.64 Å². The zero-order chi connectivity index (χ0) is 12.1. The quantitative estimate of drug-likeness (QED) is 0.758. The Balaban J connectivity index is 2.18. The van der Waals surface area contributed by atoms with E-state index in [4.69, 9.17) is 16.3 Å². The Bertz CT molecular complexity index is 355. The molecule has 0 N–H and O–H groups in total. The maximum atomic E-state index is 5.87. The van der Waals surface area contributed by atoms with Crippen LogP contribution in [0.3, 0.4) is 0 Å². The molecule has 0 unspecified atom stereocenters. The molecule has 0 saturated heterocycles. The molecule has 0 atom stereocenters. The highest BCUT2D eigenvalue weighted by Crippen LogP contribution is 2.26. The highest BCUT2D eigenvalue weighted by atomic mass is 35.5. The molecule has 0 bridgehead atoms. The van der Waals surface area contributed by atoms with E-state index in [2.05, 4.69) is 14.9 Å². The molecule has 1 aromatic heterocycles. The fraction of sp³-hybridized carbons (Fsp3) is 0.667. The van der Waals surface area contributed by atoms with Crippen molar-refractivity contribution in [3.8, 4) is 5.88 Å². The SMILES string of the molecule is COc1ccnc(N(CCCl)C2CCCC2)n1. The number of methoxy groups -OCH3 is 1. The van der Waals surface area contributed by atoms with Crippen LogP contribution in [0.5, 0.6) is 5.88 Å². The number of hydrogen-bond acceptors (Lipinski definition) is 4. The van der Waals surface area contributed by atoms with Crippen molar-refractivity contribution in [3.63, 3.8) is 0 Å². The Morgan fingerprint density at radius 1 is 1.47 bits per heavy atom. The lowest BCUT2D eigenvalue weighted by molar-refractivity contribution is 0.396. The summed E-state index contributed by atoms with van der Waals surface area (Å²) in [6.07, 6.45) is 6.72. The van der Waals surface area contributed by atoms with Gasteiger partial charge in [0.15, 0.2) is 0 Å². The van der Waals surface area contributed by atoms with Gasteiger partial charge in [-0.2, -0.15) is 4.98 Å². The number of anilines is 1. The van der Waals surface area contributed by atoms with Crippen molar-refractivity contribution in [1.29, 1.82) is 0 Å². The molecular weight excluding hydrogens is 238 g/mol. The van der Waals surface area contributed by atoms with Crippen LogP contribution in [0.1, 0.15) is 25.7 Å². The van der Waals surface area contributed by atoms with E-state index in [0.29, 0.717) is 17.8 Å². The first kappa shape index (κ1) is 12.4. The third kappa shape index (κ3) is 3.00. The number of halogens is 1. The van der Waals surface area contributed by atoms with Crippen molar-refractivity contribution in [2.45, 2.75) is 31.7 Å². The number of nitrogens with zero attached hydrogens (tertiary/aromatic N) is 3. The van der Waals surface area contributed by atoms with Crippen molar-refractivity contribution in [1.82, 2.24) is 9.97 Å². The van der Waals surface area contributed by atoms with Gasteiger partial charge in [-0.15, -0.1) is 11.6 Å². The van der Waals surface area contributed by atoms with E-state index >= 15 is 0 Å². The normalized spacial score (nSPS) is 16.1. The number of ether oxygens (including phenoxy) is 1. The molecule has 1 aromatic rings. The molecule has 0 spiro atoms.